The summed E-state index contributed by atoms with van der Waals surface area (Å²) < 4.78 is 0. The van der Waals surface area contributed by atoms with Gasteiger partial charge in [0.05, 0.1) is 11.7 Å². The molecule has 5 N–H and O–H groups in total. The van der Waals surface area contributed by atoms with Crippen LogP contribution in [0.4, 0.5) is 0 Å². The molecule has 0 bridgehead atoms. The number of ketones is 2. The molecule has 1 fully saturated rings. The van der Waals surface area contributed by atoms with Crippen LogP contribution in [-0.2, 0) is 10.2 Å². The number of aliphatic hydroxyl groups is 2. The average molecular weight is 378 g/mol. The molecule has 4 atom stereocenters. The van der Waals surface area contributed by atoms with Crippen LogP contribution in [0.2, 0.25) is 0 Å². The fourth-order valence-electron chi connectivity index (χ4n) is 5.18. The Morgan fingerprint density at radius 2 is 1.67 bits per heavy atom. The van der Waals surface area contributed by atoms with Gasteiger partial charge in [-0.25, -0.2) is 0 Å². The zero-order valence-corrected chi connectivity index (χ0v) is 15.9. The maximum atomic E-state index is 13.0. The normalized spacial score (nSPS) is 30.6. The highest BCUT2D eigenvalue weighted by molar-refractivity contribution is 6.47. The number of phenolic OH excluding ortho intramolecular Hbond substituents is 3. The second-order valence-corrected chi connectivity index (χ2v) is 8.71. The SMILES string of the molecule is CC(CO)c1c(O)c(O)c2c(c1O)C(=O)C(=O)[C@H]1C(C)(C)[C@H](O)CC[C@]21C. The van der Waals surface area contributed by atoms with Gasteiger partial charge in [-0.3, -0.25) is 9.59 Å². The number of hydrogen-bond donors (Lipinski definition) is 5. The van der Waals surface area contributed by atoms with E-state index in [0.29, 0.717) is 12.8 Å². The number of benzene rings is 1. The molecule has 1 saturated carbocycles. The molecule has 3 rings (SSSR count). The van der Waals surface area contributed by atoms with Crippen LogP contribution in [0, 0.1) is 11.3 Å². The van der Waals surface area contributed by atoms with Crippen molar-refractivity contribution in [3.63, 3.8) is 0 Å². The van der Waals surface area contributed by atoms with Crippen molar-refractivity contribution in [1.82, 2.24) is 0 Å². The Labute approximate surface area is 157 Å². The van der Waals surface area contributed by atoms with Crippen molar-refractivity contribution in [1.29, 1.82) is 0 Å². The lowest BCUT2D eigenvalue weighted by Gasteiger charge is -2.54. The number of hydrogen-bond acceptors (Lipinski definition) is 7. The Morgan fingerprint density at radius 3 is 2.22 bits per heavy atom. The predicted octanol–water partition coefficient (Wildman–Crippen LogP) is 1.72. The number of carbonyl (C=O) groups excluding carboxylic acids is 2. The third kappa shape index (κ3) is 2.34. The minimum atomic E-state index is -1.04. The van der Waals surface area contributed by atoms with E-state index in [1.165, 1.54) is 6.92 Å². The van der Waals surface area contributed by atoms with E-state index >= 15 is 0 Å². The molecular formula is C20H26O7. The summed E-state index contributed by atoms with van der Waals surface area (Å²) >= 11 is 0. The van der Waals surface area contributed by atoms with Crippen molar-refractivity contribution >= 4 is 11.6 Å². The van der Waals surface area contributed by atoms with E-state index in [-0.39, 0.29) is 16.7 Å². The molecule has 1 unspecified atom stereocenters. The zero-order valence-electron chi connectivity index (χ0n) is 15.9. The van der Waals surface area contributed by atoms with Gasteiger partial charge in [0.15, 0.2) is 11.5 Å². The third-order valence-corrected chi connectivity index (χ3v) is 6.69. The minimum absolute atomic E-state index is 0.0426. The molecule has 0 saturated heterocycles. The number of phenols is 3. The lowest BCUT2D eigenvalue weighted by Crippen LogP contribution is -2.59. The molecule has 0 amide bonds. The summed E-state index contributed by atoms with van der Waals surface area (Å²) in [5.41, 5.74) is -2.39. The number of fused-ring (bicyclic) bond motifs is 3. The quantitative estimate of drug-likeness (QED) is 0.300. The number of aliphatic hydroxyl groups excluding tert-OH is 2. The first-order chi connectivity index (χ1) is 12.4. The van der Waals surface area contributed by atoms with Crippen LogP contribution in [0.3, 0.4) is 0 Å². The highest BCUT2D eigenvalue weighted by Gasteiger charge is 2.61. The van der Waals surface area contributed by atoms with E-state index in [0.717, 1.165) is 0 Å². The van der Waals surface area contributed by atoms with Gasteiger partial charge in [-0.15, -0.1) is 0 Å². The smallest absolute Gasteiger partial charge is 0.233 e. The molecule has 27 heavy (non-hydrogen) atoms. The molecular weight excluding hydrogens is 352 g/mol. The molecule has 1 aromatic rings. The summed E-state index contributed by atoms with van der Waals surface area (Å²) in [6, 6.07) is 0. The number of aromatic hydroxyl groups is 3. The fourth-order valence-corrected chi connectivity index (χ4v) is 5.18. The lowest BCUT2D eigenvalue weighted by atomic mass is 9.48. The summed E-state index contributed by atoms with van der Waals surface area (Å²) in [5, 5.41) is 51.8. The van der Waals surface area contributed by atoms with Crippen LogP contribution in [0.5, 0.6) is 17.2 Å². The molecule has 2 aliphatic carbocycles. The van der Waals surface area contributed by atoms with Gasteiger partial charge in [-0.1, -0.05) is 27.7 Å². The van der Waals surface area contributed by atoms with E-state index in [1.807, 2.05) is 0 Å². The highest BCUT2D eigenvalue weighted by atomic mass is 16.3. The predicted molar refractivity (Wildman–Crippen MR) is 96.1 cm³/mol. The third-order valence-electron chi connectivity index (χ3n) is 6.69. The van der Waals surface area contributed by atoms with Crippen LogP contribution < -0.4 is 0 Å². The lowest BCUT2D eigenvalue weighted by molar-refractivity contribution is -0.137. The number of Topliss-reactive ketones (excluding diaryl/α,β-unsaturated/α-hetero) is 2. The largest absolute Gasteiger partial charge is 0.507 e. The first-order valence-electron chi connectivity index (χ1n) is 9.09. The molecule has 0 heterocycles. The van der Waals surface area contributed by atoms with Gasteiger partial charge in [0, 0.05) is 40.4 Å². The Hall–Kier alpha value is -2.12. The van der Waals surface area contributed by atoms with E-state index < -0.39 is 64.2 Å². The number of carbonyl (C=O) groups is 2. The first kappa shape index (κ1) is 19.6. The van der Waals surface area contributed by atoms with Crippen molar-refractivity contribution < 1.29 is 35.1 Å². The van der Waals surface area contributed by atoms with Gasteiger partial charge in [-0.05, 0) is 12.8 Å². The van der Waals surface area contributed by atoms with Crippen LogP contribution in [0.25, 0.3) is 0 Å². The molecule has 1 aromatic carbocycles. The van der Waals surface area contributed by atoms with Crippen molar-refractivity contribution in [2.45, 2.75) is 58.0 Å². The Balaban J connectivity index is 2.40. The standard InChI is InChI=1S/C20H26O7/c1-8(7-21)10-13(23)11-12(16(26)14(10)24)20(4)6-5-9(22)19(2,3)18(20)17(27)15(11)25/h8-9,18,21-24,26H,5-7H2,1-4H3/t8?,9-,18+,20-/m1/s1. The topological polar surface area (TPSA) is 135 Å². The van der Waals surface area contributed by atoms with Crippen molar-refractivity contribution in [3.05, 3.63) is 16.7 Å². The summed E-state index contributed by atoms with van der Waals surface area (Å²) in [5.74, 6) is -5.06. The molecule has 148 valence electrons. The maximum absolute atomic E-state index is 13.0. The van der Waals surface area contributed by atoms with Gasteiger partial charge >= 0.3 is 0 Å². The van der Waals surface area contributed by atoms with Gasteiger partial charge in [0.25, 0.3) is 0 Å². The van der Waals surface area contributed by atoms with Gasteiger partial charge in [0.2, 0.25) is 11.6 Å². The van der Waals surface area contributed by atoms with Crippen molar-refractivity contribution in [3.8, 4) is 17.2 Å². The molecule has 0 radical (unpaired) electrons. The van der Waals surface area contributed by atoms with Crippen molar-refractivity contribution in [2.75, 3.05) is 6.61 Å². The number of rotatable bonds is 2. The van der Waals surface area contributed by atoms with Gasteiger partial charge in [-0.2, -0.15) is 0 Å². The molecule has 7 heteroatoms. The average Bonchev–Trinajstić information content (AvgIpc) is 2.59. The molecule has 0 aromatic heterocycles. The van der Waals surface area contributed by atoms with Crippen LogP contribution >= 0.6 is 0 Å². The van der Waals surface area contributed by atoms with Gasteiger partial charge in [0.1, 0.15) is 5.75 Å². The molecule has 0 aliphatic heterocycles. The summed E-state index contributed by atoms with van der Waals surface area (Å²) in [6.07, 6.45) is -0.154. The Morgan fingerprint density at radius 1 is 1.07 bits per heavy atom. The fraction of sp³-hybridized carbons (Fsp3) is 0.600. The summed E-state index contributed by atoms with van der Waals surface area (Å²) in [7, 11) is 0. The van der Waals surface area contributed by atoms with E-state index in [4.69, 9.17) is 0 Å². The summed E-state index contributed by atoms with van der Waals surface area (Å²) in [4.78, 5) is 25.9. The van der Waals surface area contributed by atoms with Crippen LogP contribution in [0.15, 0.2) is 0 Å². The summed E-state index contributed by atoms with van der Waals surface area (Å²) in [6.45, 7) is 6.20. The first-order valence-corrected chi connectivity index (χ1v) is 9.09. The monoisotopic (exact) mass is 378 g/mol. The van der Waals surface area contributed by atoms with E-state index in [2.05, 4.69) is 0 Å². The molecule has 2 aliphatic rings. The Kier molecular flexibility index (Phi) is 4.32. The molecule has 7 nitrogen and oxygen atoms in total. The van der Waals surface area contributed by atoms with Crippen molar-refractivity contribution in [2.24, 2.45) is 11.3 Å². The van der Waals surface area contributed by atoms with Crippen LogP contribution in [-0.4, -0.2) is 49.8 Å². The minimum Gasteiger partial charge on any atom is -0.507 e. The van der Waals surface area contributed by atoms with Gasteiger partial charge < -0.3 is 25.5 Å². The zero-order chi connectivity index (χ0) is 20.5. The highest BCUT2D eigenvalue weighted by Crippen LogP contribution is 2.61. The van der Waals surface area contributed by atoms with E-state index in [9.17, 15) is 35.1 Å². The second-order valence-electron chi connectivity index (χ2n) is 8.71. The second kappa shape index (κ2) is 5.94. The van der Waals surface area contributed by atoms with Crippen LogP contribution in [0.1, 0.15) is 67.9 Å². The maximum Gasteiger partial charge on any atom is 0.233 e. The Bertz CT molecular complexity index is 841. The van der Waals surface area contributed by atoms with E-state index in [1.54, 1.807) is 20.8 Å². The molecule has 0 spiro atoms.